The largest absolute Gasteiger partial charge is 0.294 e. The number of ketones is 1. The lowest BCUT2D eigenvalue weighted by atomic mass is 10.3. The van der Waals surface area contributed by atoms with Gasteiger partial charge in [-0.3, -0.25) is 19.6 Å². The summed E-state index contributed by atoms with van der Waals surface area (Å²) in [4.78, 5) is 23.1. The lowest BCUT2D eigenvalue weighted by molar-refractivity contribution is -0.111. The fourth-order valence-electron chi connectivity index (χ4n) is 1.48. The number of benzene rings is 1. The van der Waals surface area contributed by atoms with Gasteiger partial charge in [-0.2, -0.15) is 5.10 Å². The van der Waals surface area contributed by atoms with Crippen LogP contribution in [0.3, 0.4) is 0 Å². The molecule has 2 aromatic rings. The number of nitrogens with one attached hydrogen (secondary N) is 1. The van der Waals surface area contributed by atoms with E-state index in [0.29, 0.717) is 0 Å². The van der Waals surface area contributed by atoms with E-state index in [1.807, 2.05) is 30.3 Å². The quantitative estimate of drug-likeness (QED) is 0.506. The highest BCUT2D eigenvalue weighted by molar-refractivity contribution is 6.31. The van der Waals surface area contributed by atoms with Crippen molar-refractivity contribution in [1.29, 1.82) is 0 Å². The van der Waals surface area contributed by atoms with Crippen molar-refractivity contribution in [2.75, 3.05) is 5.43 Å². The maximum Gasteiger partial charge on any atom is 0.238 e. The Kier molecular flexibility index (Phi) is 4.23. The molecule has 0 fully saturated rings. The average Bonchev–Trinajstić information content (AvgIpc) is 2.94. The van der Waals surface area contributed by atoms with Crippen LogP contribution in [0.25, 0.3) is 0 Å². The van der Waals surface area contributed by atoms with Gasteiger partial charge in [-0.25, -0.2) is 0 Å². The third-order valence-corrected chi connectivity index (χ3v) is 2.39. The maximum atomic E-state index is 11.6. The van der Waals surface area contributed by atoms with E-state index in [2.05, 4.69) is 10.5 Å². The number of nitrogens with zero attached hydrogens (tertiary/aromatic N) is 2. The minimum atomic E-state index is -0.345. The minimum Gasteiger partial charge on any atom is -0.294 e. The number of aromatic nitrogens is 1. The summed E-state index contributed by atoms with van der Waals surface area (Å²) in [5.41, 5.74) is 3.49. The van der Waals surface area contributed by atoms with Gasteiger partial charge in [0.15, 0.2) is 5.78 Å². The lowest BCUT2D eigenvalue weighted by Gasteiger charge is -1.99. The van der Waals surface area contributed by atoms with Crippen molar-refractivity contribution in [3.63, 3.8) is 0 Å². The number of carbonyl (C=O) groups excluding carboxylic acids is 2. The summed E-state index contributed by atoms with van der Waals surface area (Å²) < 4.78 is 1.37. The summed E-state index contributed by atoms with van der Waals surface area (Å²) in [5, 5.41) is 3.79. The number of rotatable bonds is 5. The molecular weight excluding hydrogens is 242 g/mol. The highest BCUT2D eigenvalue weighted by atomic mass is 16.2. The van der Waals surface area contributed by atoms with Crippen molar-refractivity contribution in [3.8, 4) is 0 Å². The molecule has 0 aliphatic heterocycles. The van der Waals surface area contributed by atoms with Gasteiger partial charge in [0.2, 0.25) is 5.91 Å². The van der Waals surface area contributed by atoms with E-state index in [0.717, 1.165) is 11.9 Å². The van der Waals surface area contributed by atoms with Crippen LogP contribution in [0, 0.1) is 0 Å². The van der Waals surface area contributed by atoms with Gasteiger partial charge in [0.25, 0.3) is 0 Å². The topological polar surface area (TPSA) is 63.5 Å². The van der Waals surface area contributed by atoms with Crippen LogP contribution in [0.15, 0.2) is 60.0 Å². The van der Waals surface area contributed by atoms with Gasteiger partial charge >= 0.3 is 0 Å². The smallest absolute Gasteiger partial charge is 0.238 e. The summed E-state index contributed by atoms with van der Waals surface area (Å²) in [5.74, 6) is -0.622. The highest BCUT2D eigenvalue weighted by Crippen LogP contribution is 2.03. The molecule has 0 atom stereocenters. The number of carbonyl (C=O) groups is 2. The first-order valence-corrected chi connectivity index (χ1v) is 5.79. The van der Waals surface area contributed by atoms with Crippen LogP contribution in [0.5, 0.6) is 0 Å². The van der Waals surface area contributed by atoms with Gasteiger partial charge in [0, 0.05) is 12.4 Å². The average molecular weight is 255 g/mol. The molecule has 1 N–H and O–H groups in total. The zero-order valence-corrected chi connectivity index (χ0v) is 10.2. The molecule has 1 heterocycles. The minimum absolute atomic E-state index is 0.200. The van der Waals surface area contributed by atoms with Crippen molar-refractivity contribution in [2.24, 2.45) is 5.10 Å². The van der Waals surface area contributed by atoms with Crippen LogP contribution in [-0.2, 0) is 4.79 Å². The lowest BCUT2D eigenvalue weighted by Crippen LogP contribution is -2.15. The van der Waals surface area contributed by atoms with Gasteiger partial charge in [-0.1, -0.05) is 18.2 Å². The second-order valence-electron chi connectivity index (χ2n) is 3.86. The molecule has 0 saturated heterocycles. The van der Waals surface area contributed by atoms with Crippen molar-refractivity contribution < 1.29 is 9.59 Å². The van der Waals surface area contributed by atoms with Crippen molar-refractivity contribution in [2.45, 2.75) is 6.42 Å². The summed E-state index contributed by atoms with van der Waals surface area (Å²) in [6, 6.07) is 12.7. The fourth-order valence-corrected chi connectivity index (χ4v) is 1.48. The third-order valence-electron chi connectivity index (χ3n) is 2.39. The van der Waals surface area contributed by atoms with Crippen LogP contribution in [-0.4, -0.2) is 22.5 Å². The monoisotopic (exact) mass is 255 g/mol. The van der Waals surface area contributed by atoms with Crippen LogP contribution >= 0.6 is 0 Å². The molecule has 0 bridgehead atoms. The third kappa shape index (κ3) is 3.92. The van der Waals surface area contributed by atoms with Gasteiger partial charge in [0.1, 0.15) is 0 Å². The number of hydrogen-bond donors (Lipinski definition) is 1. The summed E-state index contributed by atoms with van der Waals surface area (Å²) in [6.45, 7) is 0. The maximum absolute atomic E-state index is 11.6. The molecule has 96 valence electrons. The molecule has 0 aliphatic rings. The number of para-hydroxylation sites is 1. The Morgan fingerprint density at radius 3 is 2.47 bits per heavy atom. The van der Waals surface area contributed by atoms with E-state index in [9.17, 15) is 9.59 Å². The number of anilines is 1. The summed E-state index contributed by atoms with van der Waals surface area (Å²) in [6.07, 6.45) is 4.13. The molecule has 0 radical (unpaired) electrons. The molecule has 5 heteroatoms. The molecule has 1 aromatic heterocycles. The van der Waals surface area contributed by atoms with Crippen molar-refractivity contribution in [1.82, 2.24) is 4.57 Å². The molecule has 0 aliphatic carbocycles. The van der Waals surface area contributed by atoms with Crippen LogP contribution < -0.4 is 5.43 Å². The second-order valence-corrected chi connectivity index (χ2v) is 3.86. The highest BCUT2D eigenvalue weighted by Gasteiger charge is 2.08. The SMILES string of the molecule is O=C(C=NNc1ccccc1)CC(=O)n1cccc1. The molecule has 2 rings (SSSR count). The Morgan fingerprint density at radius 2 is 1.79 bits per heavy atom. The molecule has 19 heavy (non-hydrogen) atoms. The van der Waals surface area contributed by atoms with Crippen LogP contribution in [0.4, 0.5) is 5.69 Å². The summed E-state index contributed by atoms with van der Waals surface area (Å²) in [7, 11) is 0. The van der Waals surface area contributed by atoms with E-state index in [1.165, 1.54) is 4.57 Å². The first kappa shape index (κ1) is 12.8. The molecule has 0 saturated carbocycles. The first-order chi connectivity index (χ1) is 9.25. The first-order valence-electron chi connectivity index (χ1n) is 5.79. The molecular formula is C14H13N3O2. The van der Waals surface area contributed by atoms with E-state index >= 15 is 0 Å². The molecule has 5 nitrogen and oxygen atoms in total. The Labute approximate surface area is 110 Å². The normalized spacial score (nSPS) is 10.5. The van der Waals surface area contributed by atoms with E-state index < -0.39 is 0 Å². The van der Waals surface area contributed by atoms with Gasteiger partial charge in [-0.15, -0.1) is 0 Å². The van der Waals surface area contributed by atoms with Crippen molar-refractivity contribution >= 4 is 23.6 Å². The van der Waals surface area contributed by atoms with Crippen molar-refractivity contribution in [3.05, 3.63) is 54.9 Å². The predicted molar refractivity (Wildman–Crippen MR) is 73.2 cm³/mol. The van der Waals surface area contributed by atoms with Crippen LogP contribution in [0.2, 0.25) is 0 Å². The zero-order valence-electron chi connectivity index (χ0n) is 10.2. The second kappa shape index (κ2) is 6.30. The zero-order chi connectivity index (χ0) is 13.5. The Balaban J connectivity index is 1.83. The summed E-state index contributed by atoms with van der Waals surface area (Å²) >= 11 is 0. The molecule has 1 aromatic carbocycles. The van der Waals surface area contributed by atoms with E-state index in [-0.39, 0.29) is 18.1 Å². The van der Waals surface area contributed by atoms with E-state index in [4.69, 9.17) is 0 Å². The molecule has 0 amide bonds. The van der Waals surface area contributed by atoms with Gasteiger partial charge in [0.05, 0.1) is 18.3 Å². The number of Topliss-reactive ketones (excluding diaryl/α,β-unsaturated/α-hetero) is 1. The van der Waals surface area contributed by atoms with Gasteiger partial charge in [-0.05, 0) is 24.3 Å². The standard InChI is InChI=1S/C14H13N3O2/c18-13(10-14(19)17-8-4-5-9-17)11-15-16-12-6-2-1-3-7-12/h1-9,11,16H,10H2. The Hall–Kier alpha value is -2.69. The van der Waals surface area contributed by atoms with Crippen LogP contribution in [0.1, 0.15) is 11.2 Å². The predicted octanol–water partition coefficient (Wildman–Crippen LogP) is 2.19. The van der Waals surface area contributed by atoms with E-state index in [1.54, 1.807) is 24.5 Å². The van der Waals surface area contributed by atoms with Gasteiger partial charge < -0.3 is 0 Å². The Morgan fingerprint density at radius 1 is 1.11 bits per heavy atom. The number of hydrogen-bond acceptors (Lipinski definition) is 4. The molecule has 0 unspecified atom stereocenters. The number of hydrazone groups is 1. The molecule has 0 spiro atoms. The fraction of sp³-hybridized carbons (Fsp3) is 0.0714. The Bertz CT molecular complexity index is 574.